The summed E-state index contributed by atoms with van der Waals surface area (Å²) in [5.74, 6) is 0.636. The SMILES string of the molecule is COc1c(Cl)cc(Cl)cc1CCC(N)=S. The van der Waals surface area contributed by atoms with Crippen LogP contribution in [-0.2, 0) is 6.42 Å². The molecule has 2 nitrogen and oxygen atoms in total. The molecule has 0 aliphatic rings. The molecule has 15 heavy (non-hydrogen) atoms. The Hall–Kier alpha value is -0.510. The predicted molar refractivity (Wildman–Crippen MR) is 68.1 cm³/mol. The van der Waals surface area contributed by atoms with Crippen LogP contribution < -0.4 is 10.5 Å². The van der Waals surface area contributed by atoms with Gasteiger partial charge < -0.3 is 10.5 Å². The number of methoxy groups -OCH3 is 1. The van der Waals surface area contributed by atoms with Crippen LogP contribution in [0.25, 0.3) is 0 Å². The minimum Gasteiger partial charge on any atom is -0.495 e. The molecule has 0 fully saturated rings. The van der Waals surface area contributed by atoms with E-state index >= 15 is 0 Å². The highest BCUT2D eigenvalue weighted by molar-refractivity contribution is 7.80. The van der Waals surface area contributed by atoms with Crippen LogP contribution in [0.3, 0.4) is 0 Å². The fraction of sp³-hybridized carbons (Fsp3) is 0.300. The number of benzene rings is 1. The smallest absolute Gasteiger partial charge is 0.140 e. The quantitative estimate of drug-likeness (QED) is 0.848. The molecular formula is C10H11Cl2NOS. The van der Waals surface area contributed by atoms with Gasteiger partial charge in [0.15, 0.2) is 0 Å². The summed E-state index contributed by atoms with van der Waals surface area (Å²) in [5.41, 5.74) is 6.35. The lowest BCUT2D eigenvalue weighted by Gasteiger charge is -2.10. The van der Waals surface area contributed by atoms with Gasteiger partial charge in [0.1, 0.15) is 5.75 Å². The third kappa shape index (κ3) is 3.52. The lowest BCUT2D eigenvalue weighted by molar-refractivity contribution is 0.410. The minimum atomic E-state index is 0.466. The third-order valence-corrected chi connectivity index (χ3v) is 2.63. The summed E-state index contributed by atoms with van der Waals surface area (Å²) in [6.45, 7) is 0. The van der Waals surface area contributed by atoms with Crippen LogP contribution >= 0.6 is 35.4 Å². The molecule has 0 spiro atoms. The van der Waals surface area contributed by atoms with Gasteiger partial charge >= 0.3 is 0 Å². The van der Waals surface area contributed by atoms with Gasteiger partial charge in [-0.2, -0.15) is 0 Å². The molecule has 82 valence electrons. The van der Waals surface area contributed by atoms with Crippen molar-refractivity contribution in [2.75, 3.05) is 7.11 Å². The van der Waals surface area contributed by atoms with Gasteiger partial charge in [0.2, 0.25) is 0 Å². The Bertz CT molecular complexity index is 382. The molecule has 0 aliphatic heterocycles. The fourth-order valence-corrected chi connectivity index (χ4v) is 2.00. The summed E-state index contributed by atoms with van der Waals surface area (Å²) < 4.78 is 5.19. The Morgan fingerprint density at radius 1 is 1.47 bits per heavy atom. The number of halogens is 2. The second-order valence-electron chi connectivity index (χ2n) is 3.05. The van der Waals surface area contributed by atoms with E-state index in [0.717, 1.165) is 5.56 Å². The van der Waals surface area contributed by atoms with Gasteiger partial charge in [-0.05, 0) is 24.1 Å². The van der Waals surface area contributed by atoms with Crippen molar-refractivity contribution in [2.45, 2.75) is 12.8 Å². The summed E-state index contributed by atoms with van der Waals surface area (Å²) in [4.78, 5) is 0.466. The predicted octanol–water partition coefficient (Wildman–Crippen LogP) is 3.22. The first kappa shape index (κ1) is 12.6. The zero-order valence-corrected chi connectivity index (χ0v) is 10.5. The standard InChI is InChI=1S/C10H11Cl2NOS/c1-14-10-6(2-3-9(13)15)4-7(11)5-8(10)12/h4-5H,2-3H2,1H3,(H2,13,15). The van der Waals surface area contributed by atoms with Gasteiger partial charge in [-0.15, -0.1) is 0 Å². The van der Waals surface area contributed by atoms with Gasteiger partial charge in [0.25, 0.3) is 0 Å². The zero-order valence-electron chi connectivity index (χ0n) is 8.22. The molecule has 0 unspecified atom stereocenters. The highest BCUT2D eigenvalue weighted by Gasteiger charge is 2.09. The molecule has 1 aromatic carbocycles. The summed E-state index contributed by atoms with van der Waals surface area (Å²) in [5, 5.41) is 1.08. The average molecular weight is 264 g/mol. The monoisotopic (exact) mass is 263 g/mol. The van der Waals surface area contributed by atoms with E-state index in [4.69, 9.17) is 45.9 Å². The minimum absolute atomic E-state index is 0.466. The molecule has 2 N–H and O–H groups in total. The van der Waals surface area contributed by atoms with Crippen molar-refractivity contribution in [2.24, 2.45) is 5.73 Å². The molecule has 0 aromatic heterocycles. The number of thiocarbonyl (C=S) groups is 1. The van der Waals surface area contributed by atoms with E-state index in [2.05, 4.69) is 0 Å². The molecule has 0 aliphatic carbocycles. The van der Waals surface area contributed by atoms with Gasteiger partial charge in [-0.25, -0.2) is 0 Å². The van der Waals surface area contributed by atoms with Crippen LogP contribution in [0.5, 0.6) is 5.75 Å². The molecule has 0 amide bonds. The Labute approximate surface area is 104 Å². The van der Waals surface area contributed by atoms with E-state index in [1.165, 1.54) is 0 Å². The normalized spacial score (nSPS) is 10.1. The molecule has 0 bridgehead atoms. The molecule has 0 saturated carbocycles. The van der Waals surface area contributed by atoms with Crippen LogP contribution in [0.2, 0.25) is 10.0 Å². The summed E-state index contributed by atoms with van der Waals surface area (Å²) in [6.07, 6.45) is 1.29. The topological polar surface area (TPSA) is 35.2 Å². The maximum absolute atomic E-state index is 5.98. The summed E-state index contributed by atoms with van der Waals surface area (Å²) in [6, 6.07) is 3.46. The van der Waals surface area contributed by atoms with E-state index in [0.29, 0.717) is 33.6 Å². The number of rotatable bonds is 4. The van der Waals surface area contributed by atoms with Crippen LogP contribution in [0.1, 0.15) is 12.0 Å². The van der Waals surface area contributed by atoms with E-state index in [-0.39, 0.29) is 0 Å². The van der Waals surface area contributed by atoms with Crippen molar-refractivity contribution in [1.82, 2.24) is 0 Å². The van der Waals surface area contributed by atoms with E-state index in [1.807, 2.05) is 6.07 Å². The third-order valence-electron chi connectivity index (χ3n) is 1.93. The van der Waals surface area contributed by atoms with Crippen LogP contribution in [0.4, 0.5) is 0 Å². The lowest BCUT2D eigenvalue weighted by atomic mass is 10.1. The fourth-order valence-electron chi connectivity index (χ4n) is 1.29. The second-order valence-corrected chi connectivity index (χ2v) is 4.41. The van der Waals surface area contributed by atoms with E-state index in [1.54, 1.807) is 13.2 Å². The van der Waals surface area contributed by atoms with E-state index in [9.17, 15) is 0 Å². The van der Waals surface area contributed by atoms with Gasteiger partial charge in [-0.1, -0.05) is 35.4 Å². The molecular weight excluding hydrogens is 253 g/mol. The molecule has 1 aromatic rings. The maximum atomic E-state index is 5.98. The first-order valence-electron chi connectivity index (χ1n) is 4.34. The average Bonchev–Trinajstić information content (AvgIpc) is 2.13. The van der Waals surface area contributed by atoms with E-state index < -0.39 is 0 Å². The number of nitrogens with two attached hydrogens (primary N) is 1. The maximum Gasteiger partial charge on any atom is 0.140 e. The number of ether oxygens (including phenoxy) is 1. The Balaban J connectivity index is 2.98. The van der Waals surface area contributed by atoms with Crippen LogP contribution in [0, 0.1) is 0 Å². The van der Waals surface area contributed by atoms with Gasteiger partial charge in [0, 0.05) is 11.4 Å². The molecule has 5 heteroatoms. The van der Waals surface area contributed by atoms with Gasteiger partial charge in [0.05, 0.1) is 17.1 Å². The van der Waals surface area contributed by atoms with Gasteiger partial charge in [-0.3, -0.25) is 0 Å². The number of hydrogen-bond acceptors (Lipinski definition) is 2. The van der Waals surface area contributed by atoms with Crippen molar-refractivity contribution in [3.8, 4) is 5.75 Å². The molecule has 0 saturated heterocycles. The Morgan fingerprint density at radius 3 is 2.67 bits per heavy atom. The first-order valence-corrected chi connectivity index (χ1v) is 5.51. The van der Waals surface area contributed by atoms with Crippen molar-refractivity contribution in [3.63, 3.8) is 0 Å². The number of hydrogen-bond donors (Lipinski definition) is 1. The summed E-state index contributed by atoms with van der Waals surface area (Å²) in [7, 11) is 1.57. The second kappa shape index (κ2) is 5.54. The first-order chi connectivity index (χ1) is 7.04. The summed E-state index contributed by atoms with van der Waals surface area (Å²) >= 11 is 16.7. The Morgan fingerprint density at radius 2 is 2.13 bits per heavy atom. The van der Waals surface area contributed by atoms with Crippen molar-refractivity contribution < 1.29 is 4.74 Å². The molecule has 0 radical (unpaired) electrons. The van der Waals surface area contributed by atoms with Crippen molar-refractivity contribution in [3.05, 3.63) is 27.7 Å². The van der Waals surface area contributed by atoms with Crippen molar-refractivity contribution in [1.29, 1.82) is 0 Å². The molecule has 0 heterocycles. The largest absolute Gasteiger partial charge is 0.495 e. The molecule has 1 rings (SSSR count). The zero-order chi connectivity index (χ0) is 11.4. The highest BCUT2D eigenvalue weighted by atomic mass is 35.5. The van der Waals surface area contributed by atoms with Crippen LogP contribution in [0.15, 0.2) is 12.1 Å². The van der Waals surface area contributed by atoms with Crippen molar-refractivity contribution >= 4 is 40.4 Å². The lowest BCUT2D eigenvalue weighted by Crippen LogP contribution is -2.09. The number of aryl methyl sites for hydroxylation is 1. The molecule has 0 atom stereocenters. The highest BCUT2D eigenvalue weighted by Crippen LogP contribution is 2.32. The Kier molecular flexibility index (Phi) is 4.64. The van der Waals surface area contributed by atoms with Crippen LogP contribution in [-0.4, -0.2) is 12.1 Å².